The molecule has 1 saturated carbocycles. The Balaban J connectivity index is 1.54. The molecule has 7 nitrogen and oxygen atoms in total. The van der Waals surface area contributed by atoms with Crippen LogP contribution in [-0.4, -0.2) is 47.5 Å². The fraction of sp³-hybridized carbons (Fsp3) is 0.722. The number of amides is 2. The van der Waals surface area contributed by atoms with Crippen molar-refractivity contribution in [2.24, 2.45) is 11.7 Å². The summed E-state index contributed by atoms with van der Waals surface area (Å²) in [6, 6.07) is 1.83. The molecule has 0 aromatic carbocycles. The maximum absolute atomic E-state index is 12.5. The summed E-state index contributed by atoms with van der Waals surface area (Å²) in [6.07, 6.45) is 5.15. The molecule has 2 fully saturated rings. The van der Waals surface area contributed by atoms with E-state index in [1.54, 1.807) is 6.07 Å². The summed E-state index contributed by atoms with van der Waals surface area (Å²) in [4.78, 5) is 26.6. The molecule has 138 valence electrons. The maximum Gasteiger partial charge on any atom is 0.273 e. The van der Waals surface area contributed by atoms with Crippen molar-refractivity contribution in [1.29, 1.82) is 0 Å². The number of nitrogens with zero attached hydrogens (tertiary/aromatic N) is 2. The minimum Gasteiger partial charge on any atom is -0.360 e. The van der Waals surface area contributed by atoms with Crippen LogP contribution in [0.25, 0.3) is 0 Å². The van der Waals surface area contributed by atoms with Crippen LogP contribution in [0.5, 0.6) is 0 Å². The van der Waals surface area contributed by atoms with Crippen LogP contribution >= 0.6 is 0 Å². The smallest absolute Gasteiger partial charge is 0.273 e. The first kappa shape index (κ1) is 17.9. The highest BCUT2D eigenvalue weighted by Gasteiger charge is 2.33. The van der Waals surface area contributed by atoms with Crippen LogP contribution in [0.3, 0.4) is 0 Å². The summed E-state index contributed by atoms with van der Waals surface area (Å²) in [5.41, 5.74) is 5.84. The highest BCUT2D eigenvalue weighted by molar-refractivity contribution is 5.92. The van der Waals surface area contributed by atoms with E-state index < -0.39 is 0 Å². The minimum absolute atomic E-state index is 0.0668. The quantitative estimate of drug-likeness (QED) is 0.780. The Bertz CT molecular complexity index is 611. The van der Waals surface area contributed by atoms with Gasteiger partial charge in [0.15, 0.2) is 5.69 Å². The molecule has 0 unspecified atom stereocenters. The maximum atomic E-state index is 12.5. The van der Waals surface area contributed by atoms with Crippen LogP contribution in [0.2, 0.25) is 0 Å². The normalized spacial score (nSPS) is 23.5. The molecule has 7 heteroatoms. The van der Waals surface area contributed by atoms with Gasteiger partial charge in [-0.1, -0.05) is 12.1 Å². The molecule has 1 aliphatic heterocycles. The van der Waals surface area contributed by atoms with Gasteiger partial charge in [-0.2, -0.15) is 0 Å². The molecule has 1 aromatic heterocycles. The molecule has 2 atom stereocenters. The Morgan fingerprint density at radius 1 is 1.40 bits per heavy atom. The van der Waals surface area contributed by atoms with E-state index in [-0.39, 0.29) is 23.8 Å². The van der Waals surface area contributed by atoms with Crippen molar-refractivity contribution >= 4 is 11.8 Å². The molecule has 2 heterocycles. The number of nitrogens with one attached hydrogen (secondary N) is 1. The Kier molecular flexibility index (Phi) is 5.73. The number of aromatic nitrogens is 1. The standard InChI is InChI=1S/C18H28N4O3/c1-2-12-11-22(17(23)4-3-8-19)9-7-14(12)20-18(24)15-10-16(25-21-15)13-5-6-13/h10,12-14H,2-9,11,19H2,1H3,(H,20,24)/t12-,14-/m1/s1. The van der Waals surface area contributed by atoms with E-state index in [1.807, 2.05) is 4.90 Å². The largest absolute Gasteiger partial charge is 0.360 e. The summed E-state index contributed by atoms with van der Waals surface area (Å²) in [5.74, 6) is 1.51. The van der Waals surface area contributed by atoms with Crippen molar-refractivity contribution in [3.8, 4) is 0 Å². The average molecular weight is 348 g/mol. The van der Waals surface area contributed by atoms with Crippen LogP contribution in [0.15, 0.2) is 10.6 Å². The number of likely N-dealkylation sites (tertiary alicyclic amines) is 1. The van der Waals surface area contributed by atoms with Gasteiger partial charge in [-0.3, -0.25) is 9.59 Å². The van der Waals surface area contributed by atoms with Gasteiger partial charge >= 0.3 is 0 Å². The van der Waals surface area contributed by atoms with Crippen molar-refractivity contribution in [3.05, 3.63) is 17.5 Å². The number of piperidine rings is 1. The first-order valence-electron chi connectivity index (χ1n) is 9.37. The SMILES string of the molecule is CC[C@@H]1CN(C(=O)CCCN)CC[C@H]1NC(=O)c1cc(C2CC2)on1. The van der Waals surface area contributed by atoms with Crippen LogP contribution in [-0.2, 0) is 4.79 Å². The van der Waals surface area contributed by atoms with Gasteiger partial charge in [0.05, 0.1) is 0 Å². The number of carbonyl (C=O) groups is 2. The van der Waals surface area contributed by atoms with E-state index in [4.69, 9.17) is 10.3 Å². The molecule has 0 bridgehead atoms. The van der Waals surface area contributed by atoms with Crippen LogP contribution in [0, 0.1) is 5.92 Å². The first-order valence-corrected chi connectivity index (χ1v) is 9.37. The lowest BCUT2D eigenvalue weighted by atomic mass is 9.89. The zero-order chi connectivity index (χ0) is 17.8. The lowest BCUT2D eigenvalue weighted by Crippen LogP contribution is -2.52. The van der Waals surface area contributed by atoms with Gasteiger partial charge < -0.3 is 20.5 Å². The second-order valence-corrected chi connectivity index (χ2v) is 7.16. The second-order valence-electron chi connectivity index (χ2n) is 7.16. The molecule has 0 spiro atoms. The molecular formula is C18H28N4O3. The zero-order valence-electron chi connectivity index (χ0n) is 14.9. The van der Waals surface area contributed by atoms with Crippen molar-refractivity contribution in [1.82, 2.24) is 15.4 Å². The summed E-state index contributed by atoms with van der Waals surface area (Å²) in [5, 5.41) is 7.00. The van der Waals surface area contributed by atoms with Gasteiger partial charge in [0.25, 0.3) is 5.91 Å². The lowest BCUT2D eigenvalue weighted by molar-refractivity contribution is -0.133. The number of rotatable bonds is 7. The fourth-order valence-corrected chi connectivity index (χ4v) is 3.47. The second kappa shape index (κ2) is 7.99. The molecule has 25 heavy (non-hydrogen) atoms. The van der Waals surface area contributed by atoms with E-state index in [0.717, 1.165) is 37.9 Å². The minimum atomic E-state index is -0.179. The average Bonchev–Trinajstić information content (AvgIpc) is 3.36. The van der Waals surface area contributed by atoms with Gasteiger partial charge in [0.1, 0.15) is 5.76 Å². The summed E-state index contributed by atoms with van der Waals surface area (Å²) >= 11 is 0. The predicted molar refractivity (Wildman–Crippen MR) is 93.0 cm³/mol. The molecule has 1 saturated heterocycles. The molecule has 2 amide bonds. The van der Waals surface area contributed by atoms with Gasteiger partial charge in [-0.15, -0.1) is 0 Å². The van der Waals surface area contributed by atoms with Gasteiger partial charge in [0, 0.05) is 37.5 Å². The monoisotopic (exact) mass is 348 g/mol. The fourth-order valence-electron chi connectivity index (χ4n) is 3.47. The first-order chi connectivity index (χ1) is 12.1. The predicted octanol–water partition coefficient (Wildman–Crippen LogP) is 1.65. The molecule has 1 aliphatic carbocycles. The van der Waals surface area contributed by atoms with Crippen LogP contribution in [0.4, 0.5) is 0 Å². The molecule has 2 aliphatic rings. The van der Waals surface area contributed by atoms with Crippen molar-refractivity contribution < 1.29 is 14.1 Å². The molecule has 1 aromatic rings. The van der Waals surface area contributed by atoms with Crippen LogP contribution in [0.1, 0.15) is 67.6 Å². The highest BCUT2D eigenvalue weighted by atomic mass is 16.5. The number of nitrogens with two attached hydrogens (primary N) is 1. The van der Waals surface area contributed by atoms with Crippen molar-refractivity contribution in [2.75, 3.05) is 19.6 Å². The van der Waals surface area contributed by atoms with Gasteiger partial charge in [-0.05, 0) is 44.6 Å². The third kappa shape index (κ3) is 4.39. The molecular weight excluding hydrogens is 320 g/mol. The van der Waals surface area contributed by atoms with Crippen molar-refractivity contribution in [3.63, 3.8) is 0 Å². The Labute approximate surface area is 148 Å². The topological polar surface area (TPSA) is 101 Å². The molecule has 3 rings (SSSR count). The van der Waals surface area contributed by atoms with E-state index in [2.05, 4.69) is 17.4 Å². The van der Waals surface area contributed by atoms with E-state index in [0.29, 0.717) is 37.7 Å². The molecule has 0 radical (unpaired) electrons. The Hall–Kier alpha value is -1.89. The third-order valence-corrected chi connectivity index (χ3v) is 5.26. The van der Waals surface area contributed by atoms with E-state index in [9.17, 15) is 9.59 Å². The van der Waals surface area contributed by atoms with Gasteiger partial charge in [0.2, 0.25) is 5.91 Å². The molecule has 3 N–H and O–H groups in total. The lowest BCUT2D eigenvalue weighted by Gasteiger charge is -2.38. The van der Waals surface area contributed by atoms with Crippen LogP contribution < -0.4 is 11.1 Å². The Morgan fingerprint density at radius 2 is 2.20 bits per heavy atom. The number of carbonyl (C=O) groups excluding carboxylic acids is 2. The summed E-state index contributed by atoms with van der Waals surface area (Å²) in [7, 11) is 0. The highest BCUT2D eigenvalue weighted by Crippen LogP contribution is 2.40. The summed E-state index contributed by atoms with van der Waals surface area (Å²) < 4.78 is 5.26. The third-order valence-electron chi connectivity index (χ3n) is 5.26. The summed E-state index contributed by atoms with van der Waals surface area (Å²) in [6.45, 7) is 4.00. The Morgan fingerprint density at radius 3 is 2.88 bits per heavy atom. The van der Waals surface area contributed by atoms with E-state index in [1.165, 1.54) is 0 Å². The van der Waals surface area contributed by atoms with Crippen molar-refractivity contribution in [2.45, 2.75) is 57.4 Å². The van der Waals surface area contributed by atoms with Gasteiger partial charge in [-0.25, -0.2) is 0 Å². The zero-order valence-corrected chi connectivity index (χ0v) is 14.9. The number of hydrogen-bond donors (Lipinski definition) is 2. The van der Waals surface area contributed by atoms with E-state index >= 15 is 0 Å². The number of hydrogen-bond acceptors (Lipinski definition) is 5.